The Labute approximate surface area is 67.5 Å². The van der Waals surface area contributed by atoms with Crippen molar-refractivity contribution < 1.29 is 4.79 Å². The number of likely N-dealkylation sites (tertiary alicyclic amines) is 1. The molecule has 1 unspecified atom stereocenters. The minimum Gasteiger partial charge on any atom is -0.345 e. The van der Waals surface area contributed by atoms with Crippen molar-refractivity contribution in [3.63, 3.8) is 0 Å². The number of nitrogens with two attached hydrogens (primary N) is 1. The molecule has 1 amide bonds. The van der Waals surface area contributed by atoms with Gasteiger partial charge in [0.1, 0.15) is 0 Å². The van der Waals surface area contributed by atoms with E-state index >= 15 is 0 Å². The van der Waals surface area contributed by atoms with Crippen molar-refractivity contribution in [1.29, 1.82) is 0 Å². The predicted octanol–water partition coefficient (Wildman–Crippen LogP) is 0.204. The molecule has 1 fully saturated rings. The van der Waals surface area contributed by atoms with E-state index in [9.17, 15) is 4.79 Å². The quantitative estimate of drug-likeness (QED) is 0.589. The van der Waals surface area contributed by atoms with E-state index in [0.29, 0.717) is 13.0 Å². The van der Waals surface area contributed by atoms with Crippen LogP contribution < -0.4 is 5.73 Å². The molecular formula is C8H16N2O. The molecule has 0 aromatic rings. The fourth-order valence-corrected chi connectivity index (χ4v) is 1.51. The van der Waals surface area contributed by atoms with Crippen molar-refractivity contribution >= 4 is 5.91 Å². The zero-order valence-corrected chi connectivity index (χ0v) is 7.26. The lowest BCUT2D eigenvalue weighted by molar-refractivity contribution is -0.135. The number of carbonyl (C=O) groups is 1. The lowest BCUT2D eigenvalue weighted by atomic mass is 9.82. The molecule has 0 radical (unpaired) electrons. The normalized spacial score (nSPS) is 32.6. The second kappa shape index (κ2) is 2.81. The van der Waals surface area contributed by atoms with Crippen LogP contribution in [0.3, 0.4) is 0 Å². The van der Waals surface area contributed by atoms with E-state index in [4.69, 9.17) is 5.73 Å². The molecule has 0 aromatic heterocycles. The van der Waals surface area contributed by atoms with Gasteiger partial charge in [-0.3, -0.25) is 4.79 Å². The van der Waals surface area contributed by atoms with Gasteiger partial charge in [-0.25, -0.2) is 0 Å². The molecule has 1 saturated heterocycles. The first kappa shape index (κ1) is 8.53. The highest BCUT2D eigenvalue weighted by Crippen LogP contribution is 2.27. The topological polar surface area (TPSA) is 46.3 Å². The Hall–Kier alpha value is -0.570. The van der Waals surface area contributed by atoms with E-state index < -0.39 is 0 Å². The summed E-state index contributed by atoms with van der Waals surface area (Å²) < 4.78 is 0. The average molecular weight is 156 g/mol. The average Bonchev–Trinajstić information content (AvgIpc) is 1.98. The smallest absolute Gasteiger partial charge is 0.222 e. The van der Waals surface area contributed by atoms with Crippen molar-refractivity contribution in [3.05, 3.63) is 0 Å². The van der Waals surface area contributed by atoms with Crippen molar-refractivity contribution in [3.8, 4) is 0 Å². The highest BCUT2D eigenvalue weighted by Gasteiger charge is 2.31. The van der Waals surface area contributed by atoms with Crippen LogP contribution in [-0.2, 0) is 4.79 Å². The first-order valence-corrected chi connectivity index (χ1v) is 4.01. The molecule has 0 bridgehead atoms. The molecule has 0 spiro atoms. The maximum atomic E-state index is 11.1. The highest BCUT2D eigenvalue weighted by atomic mass is 16.2. The summed E-state index contributed by atoms with van der Waals surface area (Å²) in [6.45, 7) is 3.61. The molecule has 0 aromatic carbocycles. The molecule has 1 rings (SSSR count). The van der Waals surface area contributed by atoms with E-state index in [2.05, 4.69) is 6.92 Å². The fraction of sp³-hybridized carbons (Fsp3) is 0.875. The summed E-state index contributed by atoms with van der Waals surface area (Å²) in [5.74, 6) is 0.246. The molecule has 1 aliphatic rings. The summed E-state index contributed by atoms with van der Waals surface area (Å²) in [7, 11) is 1.84. The summed E-state index contributed by atoms with van der Waals surface area (Å²) in [6, 6.07) is 0. The van der Waals surface area contributed by atoms with Gasteiger partial charge in [-0.05, 0) is 18.4 Å². The Morgan fingerprint density at radius 1 is 1.73 bits per heavy atom. The summed E-state index contributed by atoms with van der Waals surface area (Å²) in [4.78, 5) is 12.9. The van der Waals surface area contributed by atoms with Gasteiger partial charge in [0.15, 0.2) is 0 Å². The second-order valence-electron chi connectivity index (χ2n) is 3.76. The van der Waals surface area contributed by atoms with Gasteiger partial charge in [0.05, 0.1) is 0 Å². The van der Waals surface area contributed by atoms with Gasteiger partial charge in [0, 0.05) is 20.0 Å². The van der Waals surface area contributed by atoms with E-state index in [1.54, 1.807) is 4.90 Å². The van der Waals surface area contributed by atoms with Crippen LogP contribution in [0, 0.1) is 5.41 Å². The first-order chi connectivity index (χ1) is 5.07. The van der Waals surface area contributed by atoms with Crippen LogP contribution >= 0.6 is 0 Å². The number of carbonyl (C=O) groups excluding carboxylic acids is 1. The summed E-state index contributed by atoms with van der Waals surface area (Å²) in [5, 5.41) is 0. The van der Waals surface area contributed by atoms with Gasteiger partial charge < -0.3 is 10.6 Å². The molecule has 3 nitrogen and oxygen atoms in total. The standard InChI is InChI=1S/C8H16N2O/c1-8(5-9)4-3-7(11)10(2)6-8/h3-6,9H2,1-2H3. The van der Waals surface area contributed by atoms with Crippen molar-refractivity contribution in [2.45, 2.75) is 19.8 Å². The van der Waals surface area contributed by atoms with Gasteiger partial charge in [0.2, 0.25) is 5.91 Å². The first-order valence-electron chi connectivity index (χ1n) is 4.01. The molecule has 1 heterocycles. The third-order valence-corrected chi connectivity index (χ3v) is 2.48. The van der Waals surface area contributed by atoms with E-state index in [1.807, 2.05) is 7.05 Å². The van der Waals surface area contributed by atoms with Gasteiger partial charge in [-0.1, -0.05) is 6.92 Å². The van der Waals surface area contributed by atoms with Gasteiger partial charge >= 0.3 is 0 Å². The fourth-order valence-electron chi connectivity index (χ4n) is 1.51. The molecular weight excluding hydrogens is 140 g/mol. The summed E-state index contributed by atoms with van der Waals surface area (Å²) in [5.41, 5.74) is 5.76. The minimum atomic E-state index is 0.155. The number of amides is 1. The van der Waals surface area contributed by atoms with Gasteiger partial charge in [-0.15, -0.1) is 0 Å². The molecule has 1 aliphatic heterocycles. The SMILES string of the molecule is CN1CC(C)(CN)CCC1=O. The maximum Gasteiger partial charge on any atom is 0.222 e. The van der Waals surface area contributed by atoms with E-state index in [-0.39, 0.29) is 11.3 Å². The molecule has 0 saturated carbocycles. The third kappa shape index (κ3) is 1.71. The Kier molecular flexibility index (Phi) is 2.18. The van der Waals surface area contributed by atoms with Gasteiger partial charge in [0.25, 0.3) is 0 Å². The summed E-state index contributed by atoms with van der Waals surface area (Å²) >= 11 is 0. The van der Waals surface area contributed by atoms with Crippen LogP contribution in [0.25, 0.3) is 0 Å². The summed E-state index contributed by atoms with van der Waals surface area (Å²) in [6.07, 6.45) is 1.59. The van der Waals surface area contributed by atoms with Crippen LogP contribution in [0.1, 0.15) is 19.8 Å². The van der Waals surface area contributed by atoms with E-state index in [0.717, 1.165) is 13.0 Å². The van der Waals surface area contributed by atoms with Crippen molar-refractivity contribution in [2.24, 2.45) is 11.1 Å². The highest BCUT2D eigenvalue weighted by molar-refractivity contribution is 5.76. The van der Waals surface area contributed by atoms with E-state index in [1.165, 1.54) is 0 Å². The van der Waals surface area contributed by atoms with Crippen LogP contribution in [0.15, 0.2) is 0 Å². The molecule has 1 atom stereocenters. The number of nitrogens with zero attached hydrogens (tertiary/aromatic N) is 1. The lowest BCUT2D eigenvalue weighted by Gasteiger charge is -2.37. The number of hydrogen-bond donors (Lipinski definition) is 1. The van der Waals surface area contributed by atoms with Crippen LogP contribution in [-0.4, -0.2) is 30.9 Å². The van der Waals surface area contributed by atoms with Crippen LogP contribution in [0.2, 0.25) is 0 Å². The lowest BCUT2D eigenvalue weighted by Crippen LogP contribution is -2.46. The molecule has 3 heteroatoms. The largest absolute Gasteiger partial charge is 0.345 e. The predicted molar refractivity (Wildman–Crippen MR) is 44.0 cm³/mol. The molecule has 11 heavy (non-hydrogen) atoms. The van der Waals surface area contributed by atoms with Crippen LogP contribution in [0.5, 0.6) is 0 Å². The number of rotatable bonds is 1. The van der Waals surface area contributed by atoms with Gasteiger partial charge in [-0.2, -0.15) is 0 Å². The third-order valence-electron chi connectivity index (χ3n) is 2.48. The maximum absolute atomic E-state index is 11.1. The molecule has 64 valence electrons. The van der Waals surface area contributed by atoms with Crippen molar-refractivity contribution in [2.75, 3.05) is 20.1 Å². The zero-order chi connectivity index (χ0) is 8.48. The Morgan fingerprint density at radius 3 is 2.82 bits per heavy atom. The number of piperidine rings is 1. The molecule has 0 aliphatic carbocycles. The minimum absolute atomic E-state index is 0.155. The second-order valence-corrected chi connectivity index (χ2v) is 3.76. The Balaban J connectivity index is 2.58. The van der Waals surface area contributed by atoms with Crippen LogP contribution in [0.4, 0.5) is 0 Å². The zero-order valence-electron chi connectivity index (χ0n) is 7.26. The van der Waals surface area contributed by atoms with Crippen molar-refractivity contribution in [1.82, 2.24) is 4.90 Å². The Bertz CT molecular complexity index is 169. The monoisotopic (exact) mass is 156 g/mol. The number of hydrogen-bond acceptors (Lipinski definition) is 2. The molecule has 2 N–H and O–H groups in total. The Morgan fingerprint density at radius 2 is 2.36 bits per heavy atom.